The van der Waals surface area contributed by atoms with E-state index in [4.69, 9.17) is 9.47 Å². The lowest BCUT2D eigenvalue weighted by atomic mass is 9.98. The molecule has 0 unspecified atom stereocenters. The Bertz CT molecular complexity index is 759. The van der Waals surface area contributed by atoms with Crippen molar-refractivity contribution in [2.75, 3.05) is 27.3 Å². The smallest absolute Gasteiger partial charge is 0.191 e. The Morgan fingerprint density at radius 1 is 1.17 bits per heavy atom. The van der Waals surface area contributed by atoms with E-state index in [1.54, 1.807) is 14.2 Å². The topological polar surface area (TPSA) is 96.5 Å². The molecule has 2 aromatic rings. The van der Waals surface area contributed by atoms with Crippen LogP contribution < -0.4 is 15.4 Å². The molecule has 1 aromatic heterocycles. The summed E-state index contributed by atoms with van der Waals surface area (Å²) in [5.41, 5.74) is 0.939. The summed E-state index contributed by atoms with van der Waals surface area (Å²) in [6.45, 7) is 2.13. The molecule has 3 rings (SSSR count). The van der Waals surface area contributed by atoms with E-state index in [0.717, 1.165) is 42.7 Å². The van der Waals surface area contributed by atoms with Crippen LogP contribution in [0.5, 0.6) is 5.75 Å². The van der Waals surface area contributed by atoms with Gasteiger partial charge in [0, 0.05) is 25.8 Å². The van der Waals surface area contributed by atoms with Crippen molar-refractivity contribution in [3.8, 4) is 17.1 Å². The molecule has 1 aliphatic rings. The van der Waals surface area contributed by atoms with Crippen LogP contribution in [-0.4, -0.2) is 54.6 Å². The average Bonchev–Trinajstić information content (AvgIpc) is 3.25. The third-order valence-corrected chi connectivity index (χ3v) is 5.05. The lowest BCUT2D eigenvalue weighted by Crippen LogP contribution is -2.38. The molecule has 9 heteroatoms. The van der Waals surface area contributed by atoms with Gasteiger partial charge in [0.1, 0.15) is 11.6 Å². The Morgan fingerprint density at radius 2 is 1.93 bits per heavy atom. The third kappa shape index (κ3) is 7.75. The zero-order valence-electron chi connectivity index (χ0n) is 17.8. The van der Waals surface area contributed by atoms with Gasteiger partial charge in [-0.2, -0.15) is 5.10 Å². The highest BCUT2D eigenvalue weighted by molar-refractivity contribution is 14.0. The van der Waals surface area contributed by atoms with Gasteiger partial charge in [-0.3, -0.25) is 10.1 Å². The Balaban J connectivity index is 0.00000320. The van der Waals surface area contributed by atoms with Crippen molar-refractivity contribution in [2.24, 2.45) is 4.99 Å². The molecule has 0 amide bonds. The van der Waals surface area contributed by atoms with E-state index in [0.29, 0.717) is 18.5 Å². The number of guanidine groups is 1. The van der Waals surface area contributed by atoms with Crippen molar-refractivity contribution in [2.45, 2.75) is 51.2 Å². The monoisotopic (exact) mass is 528 g/mol. The summed E-state index contributed by atoms with van der Waals surface area (Å²) in [6, 6.07) is 7.67. The number of benzene rings is 1. The number of halogens is 1. The maximum atomic E-state index is 5.96. The van der Waals surface area contributed by atoms with Gasteiger partial charge in [0.05, 0.1) is 19.8 Å². The molecule has 3 N–H and O–H groups in total. The molecular formula is C21H33IN6O2. The molecule has 0 aliphatic heterocycles. The Labute approximate surface area is 195 Å². The van der Waals surface area contributed by atoms with Crippen LogP contribution in [0, 0.1) is 0 Å². The van der Waals surface area contributed by atoms with Gasteiger partial charge in [0.2, 0.25) is 0 Å². The van der Waals surface area contributed by atoms with Gasteiger partial charge in [-0.15, -0.1) is 24.0 Å². The number of hydrogen-bond acceptors (Lipinski definition) is 5. The largest absolute Gasteiger partial charge is 0.497 e. The highest BCUT2D eigenvalue weighted by Crippen LogP contribution is 2.20. The summed E-state index contributed by atoms with van der Waals surface area (Å²) >= 11 is 0. The van der Waals surface area contributed by atoms with Crippen LogP contribution in [0.4, 0.5) is 0 Å². The third-order valence-electron chi connectivity index (χ3n) is 5.05. The predicted molar refractivity (Wildman–Crippen MR) is 129 cm³/mol. The molecule has 1 fully saturated rings. The van der Waals surface area contributed by atoms with E-state index in [2.05, 4.69) is 30.8 Å². The van der Waals surface area contributed by atoms with Crippen LogP contribution in [-0.2, 0) is 11.3 Å². The molecular weight excluding hydrogens is 495 g/mol. The summed E-state index contributed by atoms with van der Waals surface area (Å²) in [4.78, 5) is 8.78. The molecule has 166 valence electrons. The van der Waals surface area contributed by atoms with Crippen LogP contribution in [0.25, 0.3) is 11.4 Å². The minimum absolute atomic E-state index is 0. The number of aromatic nitrogens is 3. The highest BCUT2D eigenvalue weighted by atomic mass is 127. The first-order chi connectivity index (χ1) is 14.3. The van der Waals surface area contributed by atoms with Gasteiger partial charge in [0.25, 0.3) is 0 Å². The van der Waals surface area contributed by atoms with Gasteiger partial charge < -0.3 is 20.1 Å². The standard InChI is InChI=1S/C21H32N6O2.HI/c1-22-21(23-13-6-14-29-18-7-4-3-5-8-18)24-15-19-25-20(27-26-19)16-9-11-17(28-2)12-10-16;/h9-12,18H,3-8,13-15H2,1-2H3,(H2,22,23,24)(H,25,26,27);1H. The van der Waals surface area contributed by atoms with E-state index in [1.807, 2.05) is 24.3 Å². The van der Waals surface area contributed by atoms with Crippen molar-refractivity contribution in [1.82, 2.24) is 25.8 Å². The number of ether oxygens (including phenoxy) is 2. The molecule has 1 aliphatic carbocycles. The molecule has 0 radical (unpaired) electrons. The van der Waals surface area contributed by atoms with Gasteiger partial charge in [-0.05, 0) is 43.5 Å². The van der Waals surface area contributed by atoms with Crippen molar-refractivity contribution in [3.63, 3.8) is 0 Å². The normalized spacial score (nSPS) is 14.8. The SMILES string of the molecule is CN=C(NCCCOC1CCCCC1)NCc1nc(-c2ccc(OC)cc2)n[nH]1.I. The van der Waals surface area contributed by atoms with Crippen LogP contribution in [0.3, 0.4) is 0 Å². The lowest BCUT2D eigenvalue weighted by molar-refractivity contribution is 0.0277. The molecule has 8 nitrogen and oxygen atoms in total. The molecule has 0 atom stereocenters. The number of aliphatic imine (C=N–C) groups is 1. The number of methoxy groups -OCH3 is 1. The van der Waals surface area contributed by atoms with Gasteiger partial charge in [0.15, 0.2) is 11.8 Å². The van der Waals surface area contributed by atoms with Gasteiger partial charge in [-0.25, -0.2) is 4.98 Å². The van der Waals surface area contributed by atoms with Crippen LogP contribution >= 0.6 is 24.0 Å². The summed E-state index contributed by atoms with van der Waals surface area (Å²) < 4.78 is 11.1. The Morgan fingerprint density at radius 3 is 2.63 bits per heavy atom. The molecule has 0 saturated heterocycles. The molecule has 0 spiro atoms. The second-order valence-electron chi connectivity index (χ2n) is 7.17. The maximum Gasteiger partial charge on any atom is 0.191 e. The lowest BCUT2D eigenvalue weighted by Gasteiger charge is -2.22. The van der Waals surface area contributed by atoms with Crippen LogP contribution in [0.1, 0.15) is 44.3 Å². The first-order valence-corrected chi connectivity index (χ1v) is 10.4. The number of nitrogens with zero attached hydrogens (tertiary/aromatic N) is 3. The van der Waals surface area contributed by atoms with Crippen molar-refractivity contribution in [3.05, 3.63) is 30.1 Å². The molecule has 1 aromatic carbocycles. The number of hydrogen-bond donors (Lipinski definition) is 3. The molecule has 0 bridgehead atoms. The molecule has 1 heterocycles. The second kappa shape index (κ2) is 13.4. The highest BCUT2D eigenvalue weighted by Gasteiger charge is 2.13. The quantitative estimate of drug-likeness (QED) is 0.200. The fourth-order valence-electron chi connectivity index (χ4n) is 3.39. The summed E-state index contributed by atoms with van der Waals surface area (Å²) in [6.07, 6.45) is 7.83. The number of H-pyrrole nitrogens is 1. The fourth-order valence-corrected chi connectivity index (χ4v) is 3.39. The Kier molecular flexibility index (Phi) is 10.9. The van der Waals surface area contributed by atoms with Crippen molar-refractivity contribution >= 4 is 29.9 Å². The van der Waals surface area contributed by atoms with E-state index >= 15 is 0 Å². The minimum atomic E-state index is 0. The average molecular weight is 528 g/mol. The number of nitrogens with one attached hydrogen (secondary N) is 3. The van der Waals surface area contributed by atoms with E-state index in [-0.39, 0.29) is 24.0 Å². The van der Waals surface area contributed by atoms with Crippen molar-refractivity contribution in [1.29, 1.82) is 0 Å². The summed E-state index contributed by atoms with van der Waals surface area (Å²) in [7, 11) is 3.41. The maximum absolute atomic E-state index is 5.96. The second-order valence-corrected chi connectivity index (χ2v) is 7.17. The van der Waals surface area contributed by atoms with Crippen LogP contribution in [0.2, 0.25) is 0 Å². The van der Waals surface area contributed by atoms with E-state index < -0.39 is 0 Å². The first kappa shape index (κ1) is 24.4. The van der Waals surface area contributed by atoms with E-state index in [1.165, 1.54) is 32.1 Å². The van der Waals surface area contributed by atoms with Crippen molar-refractivity contribution < 1.29 is 9.47 Å². The minimum Gasteiger partial charge on any atom is -0.497 e. The van der Waals surface area contributed by atoms with Gasteiger partial charge in [-0.1, -0.05) is 19.3 Å². The van der Waals surface area contributed by atoms with Crippen LogP contribution in [0.15, 0.2) is 29.3 Å². The first-order valence-electron chi connectivity index (χ1n) is 10.4. The zero-order valence-corrected chi connectivity index (χ0v) is 20.1. The predicted octanol–water partition coefficient (Wildman–Crippen LogP) is 3.50. The summed E-state index contributed by atoms with van der Waals surface area (Å²) in [5.74, 6) is 2.96. The van der Waals surface area contributed by atoms with E-state index in [9.17, 15) is 0 Å². The zero-order chi connectivity index (χ0) is 20.3. The van der Waals surface area contributed by atoms with Gasteiger partial charge >= 0.3 is 0 Å². The molecule has 1 saturated carbocycles. The Hall–Kier alpha value is -1.88. The number of rotatable bonds is 9. The fraction of sp³-hybridized carbons (Fsp3) is 0.571. The number of aromatic amines is 1. The summed E-state index contributed by atoms with van der Waals surface area (Å²) in [5, 5.41) is 13.8. The molecule has 30 heavy (non-hydrogen) atoms.